The van der Waals surface area contributed by atoms with E-state index in [9.17, 15) is 14.3 Å². The summed E-state index contributed by atoms with van der Waals surface area (Å²) in [7, 11) is 0. The molecule has 0 aliphatic carbocycles. The number of hydrogen-bond acceptors (Lipinski definition) is 5. The summed E-state index contributed by atoms with van der Waals surface area (Å²) in [5.41, 5.74) is 4.01. The van der Waals surface area contributed by atoms with Gasteiger partial charge in [-0.2, -0.15) is 0 Å². The van der Waals surface area contributed by atoms with Crippen LogP contribution in [-0.2, 0) is 27.1 Å². The van der Waals surface area contributed by atoms with Crippen LogP contribution in [-0.4, -0.2) is 54.4 Å². The molecule has 192 valence electrons. The first kappa shape index (κ1) is 27.3. The molecule has 2 aromatic carbocycles. The predicted molar refractivity (Wildman–Crippen MR) is 136 cm³/mol. The number of aliphatic hydroxyl groups is 1. The second kappa shape index (κ2) is 13.7. The first-order chi connectivity index (χ1) is 16.9. The lowest BCUT2D eigenvalue weighted by atomic mass is 9.94. The Morgan fingerprint density at radius 3 is 2.74 bits per heavy atom. The average molecular weight is 486 g/mol. The molecule has 0 bridgehead atoms. The first-order valence-electron chi connectivity index (χ1n) is 12.9. The Labute approximate surface area is 209 Å². The van der Waals surface area contributed by atoms with Crippen molar-refractivity contribution in [2.45, 2.75) is 77.5 Å². The van der Waals surface area contributed by atoms with Gasteiger partial charge in [0.25, 0.3) is 0 Å². The van der Waals surface area contributed by atoms with Crippen LogP contribution in [0.1, 0.15) is 67.9 Å². The lowest BCUT2D eigenvalue weighted by Crippen LogP contribution is -2.52. The molecule has 0 radical (unpaired) electrons. The topological polar surface area (TPSA) is 59.0 Å². The minimum Gasteiger partial charge on any atom is -0.466 e. The van der Waals surface area contributed by atoms with Gasteiger partial charge < -0.3 is 14.6 Å². The highest BCUT2D eigenvalue weighted by Crippen LogP contribution is 2.25. The van der Waals surface area contributed by atoms with Crippen molar-refractivity contribution >= 4 is 5.97 Å². The number of aliphatic hydroxyl groups excluding tert-OH is 1. The molecular weight excluding hydrogens is 445 g/mol. The molecule has 0 amide bonds. The van der Waals surface area contributed by atoms with Crippen LogP contribution in [0.15, 0.2) is 42.5 Å². The van der Waals surface area contributed by atoms with E-state index in [-0.39, 0.29) is 24.5 Å². The third-order valence-corrected chi connectivity index (χ3v) is 6.83. The molecule has 3 rings (SSSR count). The Bertz CT molecular complexity index is 950. The Kier molecular flexibility index (Phi) is 10.7. The smallest absolute Gasteiger partial charge is 0.305 e. The average Bonchev–Trinajstić information content (AvgIpc) is 2.84. The van der Waals surface area contributed by atoms with Crippen LogP contribution >= 0.6 is 0 Å². The van der Waals surface area contributed by atoms with Crippen molar-refractivity contribution in [2.75, 3.05) is 26.3 Å². The van der Waals surface area contributed by atoms with Gasteiger partial charge in [-0.3, -0.25) is 9.69 Å². The monoisotopic (exact) mass is 485 g/mol. The molecule has 0 spiro atoms. The first-order valence-corrected chi connectivity index (χ1v) is 12.9. The number of benzene rings is 2. The fourth-order valence-electron chi connectivity index (χ4n) is 4.65. The summed E-state index contributed by atoms with van der Waals surface area (Å²) in [5.74, 6) is -0.294. The van der Waals surface area contributed by atoms with Gasteiger partial charge >= 0.3 is 5.97 Å². The number of esters is 1. The molecule has 3 atom stereocenters. The van der Waals surface area contributed by atoms with Crippen LogP contribution in [0.4, 0.5) is 4.39 Å². The third-order valence-electron chi connectivity index (χ3n) is 6.83. The second-order valence-corrected chi connectivity index (χ2v) is 9.57. The van der Waals surface area contributed by atoms with Crippen LogP contribution in [0, 0.1) is 12.7 Å². The molecule has 1 aliphatic rings. The summed E-state index contributed by atoms with van der Waals surface area (Å²) in [6, 6.07) is 14.0. The van der Waals surface area contributed by atoms with E-state index in [2.05, 4.69) is 17.0 Å². The van der Waals surface area contributed by atoms with Crippen molar-refractivity contribution in [3.8, 4) is 0 Å². The standard InChI is InChI=1S/C29H40FNO4/c1-4-34-29(33)12-8-6-10-24-9-5-7-11-27(24)22(3)35-20-26(32)19-31-16-15-25(31)17-23-14-13-21(2)28(30)18-23/h5,7,9,11,13-14,18,22,25-26,32H,4,6,8,10,12,15-17,19-20H2,1-3H3/t22-,25+,26-/m1/s1. The highest BCUT2D eigenvalue weighted by molar-refractivity contribution is 5.69. The predicted octanol–water partition coefficient (Wildman–Crippen LogP) is 5.17. The van der Waals surface area contributed by atoms with E-state index >= 15 is 0 Å². The minimum absolute atomic E-state index is 0.131. The van der Waals surface area contributed by atoms with Crippen molar-refractivity contribution < 1.29 is 23.8 Å². The number of unbranched alkanes of at least 4 members (excludes halogenated alkanes) is 1. The molecular formula is C29H40FNO4. The molecule has 35 heavy (non-hydrogen) atoms. The van der Waals surface area contributed by atoms with Crippen LogP contribution in [0.2, 0.25) is 0 Å². The maximum atomic E-state index is 13.9. The van der Waals surface area contributed by atoms with Crippen LogP contribution in [0.25, 0.3) is 0 Å². The van der Waals surface area contributed by atoms with Crippen molar-refractivity contribution in [1.82, 2.24) is 4.90 Å². The number of ether oxygens (including phenoxy) is 2. The van der Waals surface area contributed by atoms with E-state index in [1.54, 1.807) is 13.0 Å². The molecule has 0 saturated carbocycles. The number of nitrogens with zero attached hydrogens (tertiary/aromatic N) is 1. The van der Waals surface area contributed by atoms with E-state index in [1.165, 1.54) is 5.56 Å². The summed E-state index contributed by atoms with van der Waals surface area (Å²) in [6.07, 6.45) is 4.18. The summed E-state index contributed by atoms with van der Waals surface area (Å²) >= 11 is 0. The normalized spacial score (nSPS) is 17.6. The number of hydrogen-bond donors (Lipinski definition) is 1. The molecule has 0 unspecified atom stereocenters. The van der Waals surface area contributed by atoms with Gasteiger partial charge in [0.1, 0.15) is 5.82 Å². The molecule has 5 nitrogen and oxygen atoms in total. The lowest BCUT2D eigenvalue weighted by molar-refractivity contribution is -0.143. The highest BCUT2D eigenvalue weighted by atomic mass is 19.1. The van der Waals surface area contributed by atoms with Crippen LogP contribution in [0.5, 0.6) is 0 Å². The van der Waals surface area contributed by atoms with Crippen molar-refractivity contribution in [3.05, 3.63) is 70.5 Å². The molecule has 1 heterocycles. The van der Waals surface area contributed by atoms with Crippen LogP contribution < -0.4 is 0 Å². The van der Waals surface area contributed by atoms with E-state index in [0.29, 0.717) is 31.2 Å². The highest BCUT2D eigenvalue weighted by Gasteiger charge is 2.29. The van der Waals surface area contributed by atoms with Crippen LogP contribution in [0.3, 0.4) is 0 Å². The second-order valence-electron chi connectivity index (χ2n) is 9.57. The van der Waals surface area contributed by atoms with Gasteiger partial charge in [0.05, 0.1) is 25.4 Å². The number of rotatable bonds is 14. The zero-order chi connectivity index (χ0) is 25.2. The van der Waals surface area contributed by atoms with Gasteiger partial charge in [-0.25, -0.2) is 4.39 Å². The lowest BCUT2D eigenvalue weighted by Gasteiger charge is -2.42. The number of halogens is 1. The maximum absolute atomic E-state index is 13.9. The summed E-state index contributed by atoms with van der Waals surface area (Å²) in [4.78, 5) is 13.8. The summed E-state index contributed by atoms with van der Waals surface area (Å²) in [6.45, 7) is 7.80. The summed E-state index contributed by atoms with van der Waals surface area (Å²) in [5, 5.41) is 10.6. The molecule has 1 fully saturated rings. The Balaban J connectivity index is 1.42. The molecule has 1 aliphatic heterocycles. The number of carbonyl (C=O) groups excluding carboxylic acids is 1. The third kappa shape index (κ3) is 8.41. The number of β-amino-alcohol motifs (C(OH)–C–C–N with tert-alkyl or cyclic N) is 1. The Morgan fingerprint density at radius 1 is 1.23 bits per heavy atom. The fourth-order valence-corrected chi connectivity index (χ4v) is 4.65. The minimum atomic E-state index is -0.577. The SMILES string of the molecule is CCOC(=O)CCCCc1ccccc1[C@@H](C)OC[C@H](O)CN1CC[C@H]1Cc1ccc(C)c(F)c1. The van der Waals surface area contributed by atoms with Gasteiger partial charge in [-0.05, 0) is 81.2 Å². The molecule has 6 heteroatoms. The number of carbonyl (C=O) groups is 1. The Morgan fingerprint density at radius 2 is 2.03 bits per heavy atom. The molecule has 1 N–H and O–H groups in total. The summed E-state index contributed by atoms with van der Waals surface area (Å²) < 4.78 is 24.9. The molecule has 0 aromatic heterocycles. The van der Waals surface area contributed by atoms with Gasteiger partial charge in [-0.1, -0.05) is 36.4 Å². The number of likely N-dealkylation sites (tertiary alicyclic amines) is 1. The van der Waals surface area contributed by atoms with Gasteiger partial charge in [0, 0.05) is 25.6 Å². The van der Waals surface area contributed by atoms with Crippen molar-refractivity contribution in [3.63, 3.8) is 0 Å². The fraction of sp³-hybridized carbons (Fsp3) is 0.552. The maximum Gasteiger partial charge on any atom is 0.305 e. The largest absolute Gasteiger partial charge is 0.466 e. The Hall–Kier alpha value is -2.28. The zero-order valence-electron chi connectivity index (χ0n) is 21.3. The van der Waals surface area contributed by atoms with Crippen molar-refractivity contribution in [2.24, 2.45) is 0 Å². The van der Waals surface area contributed by atoms with E-state index in [1.807, 2.05) is 38.1 Å². The quantitative estimate of drug-likeness (QED) is 0.296. The van der Waals surface area contributed by atoms with Gasteiger partial charge in [0.2, 0.25) is 0 Å². The van der Waals surface area contributed by atoms with Crippen molar-refractivity contribution in [1.29, 1.82) is 0 Å². The molecule has 2 aromatic rings. The number of aryl methyl sites for hydroxylation is 2. The zero-order valence-corrected chi connectivity index (χ0v) is 21.3. The van der Waals surface area contributed by atoms with E-state index < -0.39 is 6.10 Å². The molecule has 1 saturated heterocycles. The van der Waals surface area contributed by atoms with E-state index in [4.69, 9.17) is 9.47 Å². The van der Waals surface area contributed by atoms with Gasteiger partial charge in [0.15, 0.2) is 0 Å². The van der Waals surface area contributed by atoms with E-state index in [0.717, 1.165) is 49.8 Å². The van der Waals surface area contributed by atoms with Gasteiger partial charge in [-0.15, -0.1) is 0 Å².